The maximum Gasteiger partial charge on any atom is 0.199 e. The van der Waals surface area contributed by atoms with Crippen LogP contribution in [0.3, 0.4) is 0 Å². The molecule has 0 saturated carbocycles. The monoisotopic (exact) mass is 482 g/mol. The average Bonchev–Trinajstić information content (AvgIpc) is 2.76. The largest absolute Gasteiger partial charge is 0.545 e. The lowest BCUT2D eigenvalue weighted by Crippen LogP contribution is -2.50. The Balaban J connectivity index is 2.21. The van der Waals surface area contributed by atoms with Crippen LogP contribution in [0.4, 0.5) is 18.9 Å². The van der Waals surface area contributed by atoms with Gasteiger partial charge in [0.2, 0.25) is 0 Å². The van der Waals surface area contributed by atoms with Gasteiger partial charge >= 0.3 is 0 Å². The van der Waals surface area contributed by atoms with E-state index in [1.807, 2.05) is 62.0 Å². The second-order valence-corrected chi connectivity index (χ2v) is 13.8. The van der Waals surface area contributed by atoms with Gasteiger partial charge in [-0.2, -0.15) is 0 Å². The summed E-state index contributed by atoms with van der Waals surface area (Å²) in [6.07, 6.45) is 5.67. The van der Waals surface area contributed by atoms with Crippen LogP contribution in [0.15, 0.2) is 53.3 Å². The molecule has 8 heteroatoms. The molecule has 2 aliphatic rings. The van der Waals surface area contributed by atoms with Gasteiger partial charge in [-0.15, -0.1) is 0 Å². The third-order valence-corrected chi connectivity index (χ3v) is 10.1. The van der Waals surface area contributed by atoms with Gasteiger partial charge in [0.1, 0.15) is 28.0 Å². The van der Waals surface area contributed by atoms with Gasteiger partial charge < -0.3 is 14.8 Å². The number of nitrogens with zero attached hydrogens (tertiary/aromatic N) is 2. The molecule has 0 amide bonds. The molecule has 1 heterocycles. The Morgan fingerprint density at radius 2 is 1.71 bits per heavy atom. The van der Waals surface area contributed by atoms with Gasteiger partial charge in [-0.05, 0) is 45.3 Å². The Kier molecular flexibility index (Phi) is 5.68. The SMILES string of the molecule is CN(C)c1ccc2c(c1)[Si](C)(C)C1=CC(=[N+](C)C)C=CC1=C2c1c(F)cc(F)c(F)c1C(=O)[O-]. The van der Waals surface area contributed by atoms with Gasteiger partial charge in [-0.1, -0.05) is 19.2 Å². The molecule has 1 aliphatic heterocycles. The highest BCUT2D eigenvalue weighted by molar-refractivity contribution is 6.98. The Hall–Kier alpha value is -3.39. The van der Waals surface area contributed by atoms with E-state index in [1.54, 1.807) is 12.1 Å². The highest BCUT2D eigenvalue weighted by Crippen LogP contribution is 2.43. The van der Waals surface area contributed by atoms with E-state index in [4.69, 9.17) is 0 Å². The predicted molar refractivity (Wildman–Crippen MR) is 129 cm³/mol. The zero-order valence-electron chi connectivity index (χ0n) is 19.9. The lowest BCUT2D eigenvalue weighted by atomic mass is 9.86. The van der Waals surface area contributed by atoms with E-state index in [9.17, 15) is 18.7 Å². The number of benzene rings is 2. The molecule has 0 fully saturated rings. The first-order valence-electron chi connectivity index (χ1n) is 10.8. The number of halogens is 3. The summed E-state index contributed by atoms with van der Waals surface area (Å²) in [5.41, 5.74) is 1.69. The van der Waals surface area contributed by atoms with E-state index < -0.39 is 42.6 Å². The van der Waals surface area contributed by atoms with Crippen LogP contribution in [0.2, 0.25) is 13.1 Å². The van der Waals surface area contributed by atoms with Crippen molar-refractivity contribution in [1.29, 1.82) is 0 Å². The molecule has 0 spiro atoms. The lowest BCUT2D eigenvalue weighted by molar-refractivity contribution is -0.462. The number of anilines is 1. The maximum absolute atomic E-state index is 15.3. The Morgan fingerprint density at radius 3 is 2.29 bits per heavy atom. The summed E-state index contributed by atoms with van der Waals surface area (Å²) < 4.78 is 46.0. The molecule has 0 unspecified atom stereocenters. The maximum atomic E-state index is 15.3. The molecular weight excluding hydrogens is 457 g/mol. The van der Waals surface area contributed by atoms with E-state index in [0.717, 1.165) is 21.8 Å². The molecule has 2 aromatic rings. The number of hydrogen-bond acceptors (Lipinski definition) is 3. The quantitative estimate of drug-likeness (QED) is 0.384. The van der Waals surface area contributed by atoms with Crippen molar-refractivity contribution in [1.82, 2.24) is 0 Å². The number of aromatic carboxylic acids is 1. The summed E-state index contributed by atoms with van der Waals surface area (Å²) in [6, 6.07) is 6.06. The fourth-order valence-electron chi connectivity index (χ4n) is 4.68. The first-order chi connectivity index (χ1) is 15.9. The first kappa shape index (κ1) is 23.8. The predicted octanol–water partition coefficient (Wildman–Crippen LogP) is 3.01. The van der Waals surface area contributed by atoms with E-state index in [0.29, 0.717) is 17.2 Å². The number of carbonyl (C=O) groups excluding carboxylic acids is 1. The molecule has 0 atom stereocenters. The van der Waals surface area contributed by atoms with Crippen molar-refractivity contribution < 1.29 is 27.6 Å². The van der Waals surface area contributed by atoms with Crippen LogP contribution in [0.1, 0.15) is 21.5 Å². The molecule has 4 nitrogen and oxygen atoms in total. The third-order valence-electron chi connectivity index (χ3n) is 6.55. The van der Waals surface area contributed by atoms with Crippen molar-refractivity contribution in [3.05, 3.63) is 87.4 Å². The molecule has 176 valence electrons. The van der Waals surface area contributed by atoms with Crippen LogP contribution in [0.25, 0.3) is 5.57 Å². The molecule has 1 aliphatic carbocycles. The van der Waals surface area contributed by atoms with Crippen molar-refractivity contribution in [3.8, 4) is 0 Å². The Labute approximate surface area is 197 Å². The summed E-state index contributed by atoms with van der Waals surface area (Å²) >= 11 is 0. The number of carboxylic acids is 1. The van der Waals surface area contributed by atoms with Gasteiger partial charge in [0.05, 0.1) is 5.97 Å². The summed E-state index contributed by atoms with van der Waals surface area (Å²) in [6.45, 7) is 4.34. The molecule has 0 aromatic heterocycles. The van der Waals surface area contributed by atoms with E-state index in [1.165, 1.54) is 0 Å². The second kappa shape index (κ2) is 8.13. The summed E-state index contributed by atoms with van der Waals surface area (Å²) in [7, 11) is 5.26. The molecule has 0 bridgehead atoms. The van der Waals surface area contributed by atoms with Crippen LogP contribution in [0.5, 0.6) is 0 Å². The van der Waals surface area contributed by atoms with Crippen LogP contribution in [-0.4, -0.2) is 52.5 Å². The number of rotatable bonds is 3. The second-order valence-electron chi connectivity index (χ2n) is 9.44. The fraction of sp³-hybridized carbons (Fsp3) is 0.231. The number of carboxylic acid groups (broad SMARTS) is 1. The van der Waals surface area contributed by atoms with E-state index in [2.05, 4.69) is 13.1 Å². The van der Waals surface area contributed by atoms with E-state index in [-0.39, 0.29) is 5.57 Å². The smallest absolute Gasteiger partial charge is 0.199 e. The van der Waals surface area contributed by atoms with Crippen molar-refractivity contribution in [2.75, 3.05) is 33.1 Å². The highest BCUT2D eigenvalue weighted by atomic mass is 28.3. The third kappa shape index (κ3) is 3.53. The zero-order chi connectivity index (χ0) is 25.1. The fourth-order valence-corrected chi connectivity index (χ4v) is 7.75. The molecule has 4 rings (SSSR count). The minimum atomic E-state index is -2.37. The minimum Gasteiger partial charge on any atom is -0.545 e. The van der Waals surface area contributed by atoms with Crippen LogP contribution >= 0.6 is 0 Å². The topological polar surface area (TPSA) is 46.4 Å². The molecular formula is C26H25F3N2O2Si. The van der Waals surface area contributed by atoms with Crippen molar-refractivity contribution in [2.45, 2.75) is 13.1 Å². The average molecular weight is 483 g/mol. The lowest BCUT2D eigenvalue weighted by Gasteiger charge is -2.38. The molecule has 0 saturated heterocycles. The molecule has 0 radical (unpaired) electrons. The summed E-state index contributed by atoms with van der Waals surface area (Å²) in [4.78, 5) is 13.9. The number of carbonyl (C=O) groups is 1. The van der Waals surface area contributed by atoms with Gasteiger partial charge in [0, 0.05) is 49.1 Å². The Morgan fingerprint density at radius 1 is 1.03 bits per heavy atom. The molecule has 2 aromatic carbocycles. The molecule has 34 heavy (non-hydrogen) atoms. The Bertz CT molecular complexity index is 1380. The first-order valence-corrected chi connectivity index (χ1v) is 13.8. The van der Waals surface area contributed by atoms with Gasteiger partial charge in [-0.25, -0.2) is 17.7 Å². The van der Waals surface area contributed by atoms with Crippen LogP contribution in [0, 0.1) is 17.5 Å². The summed E-state index contributed by atoms with van der Waals surface area (Å²) in [5, 5.41) is 13.8. The zero-order valence-corrected chi connectivity index (χ0v) is 20.9. The minimum absolute atomic E-state index is 0.225. The number of hydrogen-bond donors (Lipinski definition) is 0. The molecule has 0 N–H and O–H groups in total. The highest BCUT2D eigenvalue weighted by Gasteiger charge is 2.41. The van der Waals surface area contributed by atoms with Gasteiger partial charge in [0.25, 0.3) is 0 Å². The number of fused-ring (bicyclic) bond motifs is 2. The van der Waals surface area contributed by atoms with Crippen molar-refractivity contribution in [2.24, 2.45) is 0 Å². The van der Waals surface area contributed by atoms with Crippen LogP contribution in [-0.2, 0) is 0 Å². The van der Waals surface area contributed by atoms with Crippen LogP contribution < -0.4 is 15.2 Å². The van der Waals surface area contributed by atoms with Crippen molar-refractivity contribution in [3.63, 3.8) is 0 Å². The standard InChI is InChI=1S/C26H25F3N2O2Si/c1-30(2)14-7-9-16-20(11-14)34(5,6)21-12-15(31(3)4)8-10-17(21)22(16)23-18(27)13-19(28)25(29)24(23)26(32)33/h7-13H,1-6H3. The summed E-state index contributed by atoms with van der Waals surface area (Å²) in [5.74, 6) is -6.33. The van der Waals surface area contributed by atoms with Crippen molar-refractivity contribution >= 4 is 36.2 Å². The normalized spacial score (nSPS) is 16.1. The van der Waals surface area contributed by atoms with E-state index >= 15 is 4.39 Å². The van der Waals surface area contributed by atoms with Gasteiger partial charge in [0.15, 0.2) is 17.3 Å². The van der Waals surface area contributed by atoms with Gasteiger partial charge in [-0.3, -0.25) is 0 Å². The number of allylic oxidation sites excluding steroid dienone is 5.